The molecular formula is C14H19CsO3. The zero-order valence-electron chi connectivity index (χ0n) is 11.4. The van der Waals surface area contributed by atoms with E-state index in [2.05, 4.69) is 13.8 Å². The molecule has 1 aliphatic heterocycles. The van der Waals surface area contributed by atoms with Gasteiger partial charge in [-0.1, -0.05) is 19.9 Å². The molecule has 1 saturated heterocycles. The van der Waals surface area contributed by atoms with Crippen molar-refractivity contribution in [1.29, 1.82) is 0 Å². The summed E-state index contributed by atoms with van der Waals surface area (Å²) in [5.41, 5.74) is 0. The first kappa shape index (κ1) is 16.9. The molecule has 1 aromatic rings. The van der Waals surface area contributed by atoms with E-state index in [-0.39, 0.29) is 75.2 Å². The van der Waals surface area contributed by atoms with Gasteiger partial charge in [0, 0.05) is 6.07 Å². The molecular weight excluding hydrogens is 349 g/mol. The SMILES string of the molecule is CCCOc1cccc(OC2C[C@@H](C)[CH-]O2)c1.[Cs+]. The molecule has 3 nitrogen and oxygen atoms in total. The summed E-state index contributed by atoms with van der Waals surface area (Å²) < 4.78 is 16.7. The Bertz CT molecular complexity index is 357. The van der Waals surface area contributed by atoms with E-state index >= 15 is 0 Å². The molecule has 0 aromatic heterocycles. The standard InChI is InChI=1S/C14H19O3.Cs/c1-3-7-15-12-5-4-6-13(9-12)17-14-8-11(2)10-16-14;/h4-6,9-11,14H,3,7-8H2,1-2H3;/q-1;+1/t11-,14?;/m1./s1. The third-order valence-electron chi connectivity index (χ3n) is 2.57. The van der Waals surface area contributed by atoms with Gasteiger partial charge in [-0.05, 0) is 25.0 Å². The predicted molar refractivity (Wildman–Crippen MR) is 65.8 cm³/mol. The van der Waals surface area contributed by atoms with Gasteiger partial charge in [0.1, 0.15) is 11.5 Å². The van der Waals surface area contributed by atoms with E-state index in [1.54, 1.807) is 0 Å². The number of hydrogen-bond acceptors (Lipinski definition) is 3. The van der Waals surface area contributed by atoms with Crippen LogP contribution in [-0.4, -0.2) is 12.9 Å². The largest absolute Gasteiger partial charge is 1.00 e. The van der Waals surface area contributed by atoms with Crippen molar-refractivity contribution in [2.45, 2.75) is 33.0 Å². The molecule has 0 saturated carbocycles. The second kappa shape index (κ2) is 8.90. The molecule has 0 spiro atoms. The van der Waals surface area contributed by atoms with Gasteiger partial charge in [0.15, 0.2) is 6.29 Å². The van der Waals surface area contributed by atoms with Crippen LogP contribution in [0.25, 0.3) is 0 Å². The quantitative estimate of drug-likeness (QED) is 0.705. The van der Waals surface area contributed by atoms with Crippen molar-refractivity contribution in [2.75, 3.05) is 6.61 Å². The van der Waals surface area contributed by atoms with Crippen LogP contribution < -0.4 is 78.4 Å². The first-order valence-electron chi connectivity index (χ1n) is 6.16. The fourth-order valence-corrected chi connectivity index (χ4v) is 1.72. The minimum Gasteiger partial charge on any atom is -0.520 e. The van der Waals surface area contributed by atoms with Crippen molar-refractivity contribution < 1.29 is 83.1 Å². The molecule has 1 aromatic carbocycles. The van der Waals surface area contributed by atoms with E-state index in [1.165, 1.54) is 0 Å². The molecule has 0 radical (unpaired) electrons. The summed E-state index contributed by atoms with van der Waals surface area (Å²) in [6, 6.07) is 7.70. The van der Waals surface area contributed by atoms with E-state index in [4.69, 9.17) is 14.2 Å². The minimum atomic E-state index is -0.161. The van der Waals surface area contributed by atoms with E-state index < -0.39 is 0 Å². The minimum absolute atomic E-state index is 0. The van der Waals surface area contributed by atoms with E-state index in [1.807, 2.05) is 30.9 Å². The Kier molecular flexibility index (Phi) is 8.34. The van der Waals surface area contributed by atoms with Gasteiger partial charge in [0.05, 0.1) is 6.61 Å². The van der Waals surface area contributed by atoms with Crippen molar-refractivity contribution >= 4 is 0 Å². The molecule has 0 amide bonds. The van der Waals surface area contributed by atoms with E-state index in [0.29, 0.717) is 5.92 Å². The average Bonchev–Trinajstić information content (AvgIpc) is 2.73. The summed E-state index contributed by atoms with van der Waals surface area (Å²) in [6.07, 6.45) is 1.75. The van der Waals surface area contributed by atoms with Gasteiger partial charge >= 0.3 is 68.9 Å². The number of ether oxygens (including phenoxy) is 3. The molecule has 0 aliphatic carbocycles. The Morgan fingerprint density at radius 2 is 2.17 bits per heavy atom. The summed E-state index contributed by atoms with van der Waals surface area (Å²) in [5, 5.41) is 0. The topological polar surface area (TPSA) is 27.7 Å². The molecule has 0 bridgehead atoms. The maximum absolute atomic E-state index is 5.73. The van der Waals surface area contributed by atoms with Crippen molar-refractivity contribution in [3.05, 3.63) is 30.9 Å². The first-order valence-corrected chi connectivity index (χ1v) is 6.16. The Labute approximate surface area is 168 Å². The van der Waals surface area contributed by atoms with Gasteiger partial charge in [-0.25, -0.2) is 6.61 Å². The summed E-state index contributed by atoms with van der Waals surface area (Å²) in [5.74, 6) is 2.10. The molecule has 1 heterocycles. The molecule has 0 N–H and O–H groups in total. The van der Waals surface area contributed by atoms with Crippen LogP contribution in [0.15, 0.2) is 24.3 Å². The second-order valence-corrected chi connectivity index (χ2v) is 4.36. The van der Waals surface area contributed by atoms with Gasteiger partial charge in [0.25, 0.3) is 0 Å². The number of rotatable bonds is 5. The smallest absolute Gasteiger partial charge is 0.520 e. The number of hydrogen-bond donors (Lipinski definition) is 0. The Morgan fingerprint density at radius 3 is 2.83 bits per heavy atom. The fourth-order valence-electron chi connectivity index (χ4n) is 1.72. The van der Waals surface area contributed by atoms with E-state index in [0.717, 1.165) is 30.9 Å². The maximum atomic E-state index is 5.73. The second-order valence-electron chi connectivity index (χ2n) is 4.36. The van der Waals surface area contributed by atoms with Crippen molar-refractivity contribution in [1.82, 2.24) is 0 Å². The monoisotopic (exact) mass is 368 g/mol. The van der Waals surface area contributed by atoms with Gasteiger partial charge in [-0.15, -0.1) is 5.92 Å². The van der Waals surface area contributed by atoms with Gasteiger partial charge < -0.3 is 14.2 Å². The summed E-state index contributed by atoms with van der Waals surface area (Å²) in [7, 11) is 0. The number of benzene rings is 1. The van der Waals surface area contributed by atoms with Crippen molar-refractivity contribution in [2.24, 2.45) is 5.92 Å². The molecule has 2 rings (SSSR count). The van der Waals surface area contributed by atoms with Gasteiger partial charge in [-0.2, -0.15) is 0 Å². The Morgan fingerprint density at radius 1 is 1.39 bits per heavy atom. The average molecular weight is 368 g/mol. The van der Waals surface area contributed by atoms with Crippen LogP contribution in [0.5, 0.6) is 11.5 Å². The molecule has 4 heteroatoms. The van der Waals surface area contributed by atoms with Crippen LogP contribution >= 0.6 is 0 Å². The first-order chi connectivity index (χ1) is 8.28. The summed E-state index contributed by atoms with van der Waals surface area (Å²) in [4.78, 5) is 0. The molecule has 2 atom stereocenters. The molecule has 94 valence electrons. The van der Waals surface area contributed by atoms with Crippen LogP contribution in [0.2, 0.25) is 0 Å². The fraction of sp³-hybridized carbons (Fsp3) is 0.500. The third kappa shape index (κ3) is 5.45. The maximum Gasteiger partial charge on any atom is 1.00 e. The van der Waals surface area contributed by atoms with Crippen LogP contribution in [0.1, 0.15) is 26.7 Å². The van der Waals surface area contributed by atoms with E-state index in [9.17, 15) is 0 Å². The zero-order chi connectivity index (χ0) is 12.1. The Balaban J connectivity index is 0.00000162. The summed E-state index contributed by atoms with van der Waals surface area (Å²) in [6.45, 7) is 6.77. The summed E-state index contributed by atoms with van der Waals surface area (Å²) >= 11 is 0. The van der Waals surface area contributed by atoms with Crippen LogP contribution in [0.4, 0.5) is 0 Å². The molecule has 18 heavy (non-hydrogen) atoms. The van der Waals surface area contributed by atoms with Crippen LogP contribution in [0, 0.1) is 12.5 Å². The zero-order valence-corrected chi connectivity index (χ0v) is 17.7. The van der Waals surface area contributed by atoms with Crippen molar-refractivity contribution in [3.63, 3.8) is 0 Å². The van der Waals surface area contributed by atoms with Gasteiger partial charge in [-0.3, -0.25) is 0 Å². The van der Waals surface area contributed by atoms with Gasteiger partial charge in [0.2, 0.25) is 0 Å². The van der Waals surface area contributed by atoms with Crippen LogP contribution in [-0.2, 0) is 4.74 Å². The third-order valence-corrected chi connectivity index (χ3v) is 2.57. The van der Waals surface area contributed by atoms with Crippen LogP contribution in [0.3, 0.4) is 0 Å². The Hall–Kier alpha value is 0.832. The van der Waals surface area contributed by atoms with Crippen molar-refractivity contribution in [3.8, 4) is 11.5 Å². The molecule has 1 fully saturated rings. The normalized spacial score (nSPS) is 22.3. The molecule has 1 aliphatic rings. The predicted octanol–water partition coefficient (Wildman–Crippen LogP) is 0.402. The molecule has 1 unspecified atom stereocenters.